The van der Waals surface area contributed by atoms with Crippen molar-refractivity contribution in [1.82, 2.24) is 10.2 Å². The molecule has 0 radical (unpaired) electrons. The molecule has 0 bridgehead atoms. The number of para-hydroxylation sites is 1. The number of carbonyl (C=O) groups excluding carboxylic acids is 2. The Morgan fingerprint density at radius 2 is 1.49 bits per heavy atom. The molecular weight excluding hydrogens is 589 g/mol. The van der Waals surface area contributed by atoms with E-state index in [4.69, 9.17) is 11.6 Å². The first kappa shape index (κ1) is 31.7. The highest BCUT2D eigenvalue weighted by atomic mass is 35.5. The van der Waals surface area contributed by atoms with Gasteiger partial charge in [-0.05, 0) is 53.9 Å². The highest BCUT2D eigenvalue weighted by Gasteiger charge is 2.35. The second-order valence-electron chi connectivity index (χ2n) is 9.92. The van der Waals surface area contributed by atoms with Crippen LogP contribution in [0.4, 0.5) is 10.1 Å². The van der Waals surface area contributed by atoms with Crippen LogP contribution in [0.25, 0.3) is 0 Å². The van der Waals surface area contributed by atoms with Crippen LogP contribution in [0.3, 0.4) is 0 Å². The van der Waals surface area contributed by atoms with Crippen LogP contribution in [-0.2, 0) is 32.6 Å². The third-order valence-corrected chi connectivity index (χ3v) is 8.80. The van der Waals surface area contributed by atoms with Crippen LogP contribution < -0.4 is 9.62 Å². The second-order valence-corrected chi connectivity index (χ2v) is 12.2. The molecule has 0 aromatic heterocycles. The molecule has 0 spiro atoms. The van der Waals surface area contributed by atoms with E-state index in [1.807, 2.05) is 37.3 Å². The number of hydrogen-bond acceptors (Lipinski definition) is 4. The van der Waals surface area contributed by atoms with E-state index in [0.29, 0.717) is 23.6 Å². The van der Waals surface area contributed by atoms with E-state index >= 15 is 4.39 Å². The van der Waals surface area contributed by atoms with Gasteiger partial charge in [-0.3, -0.25) is 13.9 Å². The molecule has 224 valence electrons. The molecule has 10 heteroatoms. The van der Waals surface area contributed by atoms with Crippen molar-refractivity contribution in [2.45, 2.75) is 37.2 Å². The summed E-state index contributed by atoms with van der Waals surface area (Å²) in [7, 11) is -4.38. The highest BCUT2D eigenvalue weighted by molar-refractivity contribution is 7.92. The van der Waals surface area contributed by atoms with Gasteiger partial charge in [-0.25, -0.2) is 12.8 Å². The fourth-order valence-corrected chi connectivity index (χ4v) is 6.29. The third-order valence-electron chi connectivity index (χ3n) is 6.79. The van der Waals surface area contributed by atoms with Crippen molar-refractivity contribution >= 4 is 39.1 Å². The maximum atomic E-state index is 15.1. The molecule has 7 nitrogen and oxygen atoms in total. The molecule has 1 N–H and O–H groups in total. The van der Waals surface area contributed by atoms with Crippen molar-refractivity contribution in [3.63, 3.8) is 0 Å². The Morgan fingerprint density at radius 1 is 0.860 bits per heavy atom. The van der Waals surface area contributed by atoms with Gasteiger partial charge in [-0.1, -0.05) is 91.3 Å². The number of nitrogens with one attached hydrogen (secondary N) is 1. The molecule has 0 fully saturated rings. The summed E-state index contributed by atoms with van der Waals surface area (Å²) in [5, 5.41) is 3.33. The average molecular weight is 622 g/mol. The lowest BCUT2D eigenvalue weighted by Crippen LogP contribution is -2.53. The fourth-order valence-electron chi connectivity index (χ4n) is 4.64. The smallest absolute Gasteiger partial charge is 0.264 e. The molecule has 1 atom stereocenters. The Labute approximate surface area is 257 Å². The van der Waals surface area contributed by atoms with Gasteiger partial charge in [0.05, 0.1) is 10.6 Å². The number of hydrogen-bond donors (Lipinski definition) is 1. The molecule has 0 aliphatic rings. The lowest BCUT2D eigenvalue weighted by atomic mass is 10.0. The van der Waals surface area contributed by atoms with Gasteiger partial charge in [0.1, 0.15) is 18.4 Å². The zero-order valence-electron chi connectivity index (χ0n) is 23.7. The van der Waals surface area contributed by atoms with E-state index < -0.39 is 34.3 Å². The molecule has 0 saturated heterocycles. The number of amides is 2. The normalized spacial score (nSPS) is 11.9. The van der Waals surface area contributed by atoms with Gasteiger partial charge in [-0.2, -0.15) is 0 Å². The quantitative estimate of drug-likeness (QED) is 0.203. The lowest BCUT2D eigenvalue weighted by Gasteiger charge is -2.34. The van der Waals surface area contributed by atoms with Crippen LogP contribution in [0.15, 0.2) is 114 Å². The second kappa shape index (κ2) is 14.8. The van der Waals surface area contributed by atoms with Crippen LogP contribution in [-0.4, -0.2) is 44.3 Å². The zero-order chi connectivity index (χ0) is 30.8. The van der Waals surface area contributed by atoms with Gasteiger partial charge in [-0.15, -0.1) is 0 Å². The Bertz CT molecular complexity index is 1640. The van der Waals surface area contributed by atoms with Gasteiger partial charge < -0.3 is 10.2 Å². The average Bonchev–Trinajstić information content (AvgIpc) is 3.01. The summed E-state index contributed by atoms with van der Waals surface area (Å²) >= 11 is 6.25. The first-order valence-corrected chi connectivity index (χ1v) is 15.7. The number of rotatable bonds is 13. The Balaban J connectivity index is 1.80. The van der Waals surface area contributed by atoms with Crippen LogP contribution in [0.5, 0.6) is 0 Å². The SMILES string of the molecule is CCCNC(=O)[C@H](Cc1ccccc1)N(Cc1cccc(Cl)c1)C(=O)CN(c1ccccc1F)S(=O)(=O)c1ccccc1. The van der Waals surface area contributed by atoms with E-state index in [9.17, 15) is 18.0 Å². The van der Waals surface area contributed by atoms with E-state index in [-0.39, 0.29) is 29.5 Å². The minimum Gasteiger partial charge on any atom is -0.354 e. The first-order valence-electron chi connectivity index (χ1n) is 13.9. The molecule has 2 amide bonds. The van der Waals surface area contributed by atoms with Crippen LogP contribution in [0.1, 0.15) is 24.5 Å². The standard InChI is InChI=1S/C33H33ClFN3O4S/c1-2-20-36-33(40)31(22-25-12-5-3-6-13-25)37(23-26-14-11-15-27(34)21-26)32(39)24-38(30-19-10-9-18-29(30)35)43(41,42)28-16-7-4-8-17-28/h3-19,21,31H,2,20,22-24H2,1H3,(H,36,40)/t31-/m0/s1. The molecule has 0 unspecified atom stereocenters. The van der Waals surface area contributed by atoms with Crippen molar-refractivity contribution in [3.8, 4) is 0 Å². The summed E-state index contributed by atoms with van der Waals surface area (Å²) in [5.41, 5.74) is 1.17. The molecule has 0 aliphatic heterocycles. The summed E-state index contributed by atoms with van der Waals surface area (Å²) in [6.45, 7) is 1.53. The molecule has 4 aromatic carbocycles. The highest BCUT2D eigenvalue weighted by Crippen LogP contribution is 2.27. The van der Waals surface area contributed by atoms with E-state index in [2.05, 4.69) is 5.32 Å². The van der Waals surface area contributed by atoms with E-state index in [1.165, 1.54) is 35.2 Å². The van der Waals surface area contributed by atoms with Crippen molar-refractivity contribution < 1.29 is 22.4 Å². The van der Waals surface area contributed by atoms with Gasteiger partial charge in [0.15, 0.2) is 0 Å². The Hall–Kier alpha value is -4.21. The minimum absolute atomic E-state index is 0.0348. The van der Waals surface area contributed by atoms with E-state index in [0.717, 1.165) is 15.9 Å². The topological polar surface area (TPSA) is 86.8 Å². The predicted molar refractivity (Wildman–Crippen MR) is 167 cm³/mol. The summed E-state index contributed by atoms with van der Waals surface area (Å²) in [5.74, 6) is -1.88. The minimum atomic E-state index is -4.38. The molecule has 0 aliphatic carbocycles. The summed E-state index contributed by atoms with van der Waals surface area (Å²) < 4.78 is 43.6. The van der Waals surface area contributed by atoms with Crippen molar-refractivity contribution in [2.24, 2.45) is 0 Å². The van der Waals surface area contributed by atoms with Crippen LogP contribution in [0, 0.1) is 5.82 Å². The molecule has 0 heterocycles. The summed E-state index contributed by atoms with van der Waals surface area (Å²) in [6.07, 6.45) is 0.857. The molecular formula is C33H33ClFN3O4S. The molecule has 0 saturated carbocycles. The van der Waals surface area contributed by atoms with Crippen molar-refractivity contribution in [2.75, 3.05) is 17.4 Å². The first-order chi connectivity index (χ1) is 20.7. The third kappa shape index (κ3) is 8.21. The van der Waals surface area contributed by atoms with Crippen molar-refractivity contribution in [3.05, 3.63) is 131 Å². The van der Waals surface area contributed by atoms with Crippen LogP contribution >= 0.6 is 11.6 Å². The van der Waals surface area contributed by atoms with Gasteiger partial charge in [0.25, 0.3) is 10.0 Å². The molecule has 43 heavy (non-hydrogen) atoms. The van der Waals surface area contributed by atoms with Crippen LogP contribution in [0.2, 0.25) is 5.02 Å². The lowest BCUT2D eigenvalue weighted by molar-refractivity contribution is -0.140. The fraction of sp³-hybridized carbons (Fsp3) is 0.212. The monoisotopic (exact) mass is 621 g/mol. The maximum Gasteiger partial charge on any atom is 0.264 e. The zero-order valence-corrected chi connectivity index (χ0v) is 25.3. The maximum absolute atomic E-state index is 15.1. The number of sulfonamides is 1. The number of nitrogens with zero attached hydrogens (tertiary/aromatic N) is 2. The Kier molecular flexibility index (Phi) is 10.9. The number of benzene rings is 4. The molecule has 4 aromatic rings. The predicted octanol–water partition coefficient (Wildman–Crippen LogP) is 5.84. The molecule has 4 rings (SSSR count). The number of halogens is 2. The largest absolute Gasteiger partial charge is 0.354 e. The summed E-state index contributed by atoms with van der Waals surface area (Å²) in [4.78, 5) is 29.2. The van der Waals surface area contributed by atoms with Gasteiger partial charge in [0.2, 0.25) is 11.8 Å². The van der Waals surface area contributed by atoms with E-state index in [1.54, 1.807) is 42.5 Å². The van der Waals surface area contributed by atoms with Crippen molar-refractivity contribution in [1.29, 1.82) is 0 Å². The number of carbonyl (C=O) groups is 2. The van der Waals surface area contributed by atoms with Gasteiger partial charge >= 0.3 is 0 Å². The van der Waals surface area contributed by atoms with Gasteiger partial charge in [0, 0.05) is 24.5 Å². The number of anilines is 1. The Morgan fingerprint density at radius 3 is 2.14 bits per heavy atom. The summed E-state index contributed by atoms with van der Waals surface area (Å²) in [6, 6.07) is 28.0.